The van der Waals surface area contributed by atoms with Gasteiger partial charge in [0.25, 0.3) is 0 Å². The average Bonchev–Trinajstić information content (AvgIpc) is 2.15. The van der Waals surface area contributed by atoms with Crippen LogP contribution >= 0.6 is 0 Å². The van der Waals surface area contributed by atoms with Gasteiger partial charge >= 0.3 is 0 Å². The van der Waals surface area contributed by atoms with Gasteiger partial charge in [0, 0.05) is 0 Å². The number of fused-ring (bicyclic) bond motifs is 1. The third-order valence-corrected chi connectivity index (χ3v) is 8.77. The first-order valence-corrected chi connectivity index (χ1v) is 13.6. The molecule has 2 bridgehead atoms. The highest BCUT2D eigenvalue weighted by Crippen LogP contribution is 2.47. The summed E-state index contributed by atoms with van der Waals surface area (Å²) in [5.41, 5.74) is 0. The Balaban J connectivity index is 2.56. The topological polar surface area (TPSA) is 0 Å². The van der Waals surface area contributed by atoms with Crippen molar-refractivity contribution in [2.45, 2.75) is 52.1 Å². The second kappa shape index (κ2) is 3.71. The Morgan fingerprint density at radius 1 is 0.750 bits per heavy atom. The zero-order chi connectivity index (χ0) is 12.1. The number of hydrogen-bond donors (Lipinski definition) is 0. The van der Waals surface area contributed by atoms with Gasteiger partial charge in [-0.25, -0.2) is 0 Å². The molecule has 90 valence electrons. The standard InChI is InChI=1S/C14H26Si2/c1-15(2,3)13-11-7-9-12(10-8-11)14(13)16(4,5)6/h7,9,11-12H,8,10H2,1-6H3. The fourth-order valence-corrected chi connectivity index (χ4v) is 10.6. The van der Waals surface area contributed by atoms with Crippen LogP contribution in [0.3, 0.4) is 0 Å². The molecule has 2 atom stereocenters. The molecule has 0 N–H and O–H groups in total. The van der Waals surface area contributed by atoms with Crippen LogP contribution in [-0.2, 0) is 0 Å². The first-order valence-electron chi connectivity index (χ1n) is 6.64. The normalized spacial score (nSPS) is 30.1. The van der Waals surface area contributed by atoms with Crippen molar-refractivity contribution < 1.29 is 0 Å². The maximum Gasteiger partial charge on any atom is 0.0726 e. The largest absolute Gasteiger partial charge is 0.0812 e. The van der Waals surface area contributed by atoms with Gasteiger partial charge in [-0.15, -0.1) is 0 Å². The van der Waals surface area contributed by atoms with Crippen LogP contribution in [0.2, 0.25) is 39.3 Å². The van der Waals surface area contributed by atoms with Crippen LogP contribution in [-0.4, -0.2) is 16.1 Å². The molecule has 0 aromatic rings. The maximum atomic E-state index is 2.54. The molecule has 2 heteroatoms. The van der Waals surface area contributed by atoms with Crippen LogP contribution in [0.5, 0.6) is 0 Å². The van der Waals surface area contributed by atoms with Gasteiger partial charge in [-0.05, 0) is 24.7 Å². The van der Waals surface area contributed by atoms with Gasteiger partial charge in [0.2, 0.25) is 0 Å². The average molecular weight is 251 g/mol. The van der Waals surface area contributed by atoms with Crippen molar-refractivity contribution >= 4 is 16.1 Å². The summed E-state index contributed by atoms with van der Waals surface area (Å²) in [6.45, 7) is 15.2. The van der Waals surface area contributed by atoms with Crippen molar-refractivity contribution in [3.63, 3.8) is 0 Å². The molecule has 0 nitrogen and oxygen atoms in total. The van der Waals surface area contributed by atoms with Crippen LogP contribution in [0.25, 0.3) is 0 Å². The Kier molecular flexibility index (Phi) is 2.87. The second-order valence-corrected chi connectivity index (χ2v) is 17.6. The molecule has 0 radical (unpaired) electrons. The highest BCUT2D eigenvalue weighted by molar-refractivity contribution is 6.89. The highest BCUT2D eigenvalue weighted by atomic mass is 28.3. The summed E-state index contributed by atoms with van der Waals surface area (Å²) in [4.78, 5) is 0. The fourth-order valence-electron chi connectivity index (χ4n) is 3.62. The maximum absolute atomic E-state index is 2.54. The molecule has 0 aromatic heterocycles. The van der Waals surface area contributed by atoms with E-state index in [1.54, 1.807) is 0 Å². The van der Waals surface area contributed by atoms with Crippen molar-refractivity contribution in [3.05, 3.63) is 22.5 Å². The molecular formula is C14H26Si2. The Hall–Kier alpha value is -0.0862. The minimum absolute atomic E-state index is 0.818. The monoisotopic (exact) mass is 250 g/mol. The van der Waals surface area contributed by atoms with Gasteiger partial charge in [0.1, 0.15) is 0 Å². The Morgan fingerprint density at radius 2 is 1.06 bits per heavy atom. The molecule has 0 spiro atoms. The van der Waals surface area contributed by atoms with Gasteiger partial charge in [0.05, 0.1) is 16.1 Å². The number of hydrogen-bond acceptors (Lipinski definition) is 0. The van der Waals surface area contributed by atoms with E-state index in [0.717, 1.165) is 11.8 Å². The van der Waals surface area contributed by atoms with Crippen molar-refractivity contribution in [2.24, 2.45) is 11.8 Å². The fraction of sp³-hybridized carbons (Fsp3) is 0.714. The SMILES string of the molecule is C[Si](C)(C)C1=C([Si](C)(C)C)C2C=CC1CC2. The molecule has 0 saturated carbocycles. The predicted molar refractivity (Wildman–Crippen MR) is 79.1 cm³/mol. The molecule has 2 unspecified atom stereocenters. The van der Waals surface area contributed by atoms with E-state index < -0.39 is 16.1 Å². The quantitative estimate of drug-likeness (QED) is 0.495. The van der Waals surface area contributed by atoms with Gasteiger partial charge in [-0.2, -0.15) is 0 Å². The first kappa shape index (κ1) is 12.4. The lowest BCUT2D eigenvalue weighted by molar-refractivity contribution is 0.507. The van der Waals surface area contributed by atoms with Crippen LogP contribution < -0.4 is 0 Å². The third kappa shape index (κ3) is 2.02. The van der Waals surface area contributed by atoms with Crippen molar-refractivity contribution in [1.29, 1.82) is 0 Å². The van der Waals surface area contributed by atoms with Crippen LogP contribution in [0.15, 0.2) is 22.5 Å². The van der Waals surface area contributed by atoms with E-state index in [0.29, 0.717) is 0 Å². The summed E-state index contributed by atoms with van der Waals surface area (Å²) in [5, 5.41) is 3.87. The van der Waals surface area contributed by atoms with Crippen LogP contribution in [0.4, 0.5) is 0 Å². The Labute approximate surface area is 103 Å². The van der Waals surface area contributed by atoms with E-state index in [2.05, 4.69) is 51.4 Å². The van der Waals surface area contributed by atoms with E-state index >= 15 is 0 Å². The lowest BCUT2D eigenvalue weighted by Crippen LogP contribution is -2.43. The van der Waals surface area contributed by atoms with Gasteiger partial charge < -0.3 is 0 Å². The molecule has 0 amide bonds. The van der Waals surface area contributed by atoms with E-state index in [4.69, 9.17) is 0 Å². The first-order chi connectivity index (χ1) is 7.21. The predicted octanol–water partition coefficient (Wildman–Crippen LogP) is 4.63. The van der Waals surface area contributed by atoms with Gasteiger partial charge in [-0.3, -0.25) is 0 Å². The summed E-state index contributed by atoms with van der Waals surface area (Å²) < 4.78 is 0. The lowest BCUT2D eigenvalue weighted by atomic mass is 9.81. The molecule has 0 aliphatic heterocycles. The Morgan fingerprint density at radius 3 is 1.25 bits per heavy atom. The van der Waals surface area contributed by atoms with E-state index in [1.807, 2.05) is 10.4 Å². The summed E-state index contributed by atoms with van der Waals surface area (Å²) in [5.74, 6) is 1.64. The molecular weight excluding hydrogens is 224 g/mol. The minimum atomic E-state index is -1.12. The van der Waals surface area contributed by atoms with E-state index in [-0.39, 0.29) is 0 Å². The molecule has 16 heavy (non-hydrogen) atoms. The van der Waals surface area contributed by atoms with Crippen LogP contribution in [0, 0.1) is 11.8 Å². The second-order valence-electron chi connectivity index (χ2n) is 7.50. The van der Waals surface area contributed by atoms with Crippen molar-refractivity contribution in [1.82, 2.24) is 0 Å². The molecule has 0 fully saturated rings. The highest BCUT2D eigenvalue weighted by Gasteiger charge is 2.41. The van der Waals surface area contributed by atoms with Crippen molar-refractivity contribution in [2.75, 3.05) is 0 Å². The lowest BCUT2D eigenvalue weighted by Gasteiger charge is -2.45. The minimum Gasteiger partial charge on any atom is -0.0812 e. The van der Waals surface area contributed by atoms with Crippen molar-refractivity contribution in [3.8, 4) is 0 Å². The van der Waals surface area contributed by atoms with E-state index in [1.165, 1.54) is 12.8 Å². The summed E-state index contributed by atoms with van der Waals surface area (Å²) in [6, 6.07) is 0. The van der Waals surface area contributed by atoms with Gasteiger partial charge in [0.15, 0.2) is 0 Å². The molecule has 0 aromatic carbocycles. The molecule has 0 saturated heterocycles. The van der Waals surface area contributed by atoms with Crippen LogP contribution in [0.1, 0.15) is 12.8 Å². The molecule has 3 aliphatic rings. The zero-order valence-electron chi connectivity index (χ0n) is 11.7. The molecule has 3 rings (SSSR count). The number of rotatable bonds is 2. The zero-order valence-corrected chi connectivity index (χ0v) is 13.7. The summed E-state index contributed by atoms with van der Waals surface area (Å²) in [7, 11) is -2.24. The third-order valence-electron chi connectivity index (χ3n) is 4.01. The van der Waals surface area contributed by atoms with Gasteiger partial charge in [-0.1, -0.05) is 61.8 Å². The molecule has 3 aliphatic carbocycles. The van der Waals surface area contributed by atoms with E-state index in [9.17, 15) is 0 Å². The smallest absolute Gasteiger partial charge is 0.0726 e. The summed E-state index contributed by atoms with van der Waals surface area (Å²) in [6.07, 6.45) is 7.89. The summed E-state index contributed by atoms with van der Waals surface area (Å²) >= 11 is 0. The Bertz CT molecular complexity index is 316. The molecule has 0 heterocycles. The number of allylic oxidation sites excluding steroid dienone is 4.